The summed E-state index contributed by atoms with van der Waals surface area (Å²) >= 11 is 0. The number of H-pyrrole nitrogens is 1. The molecule has 0 aliphatic carbocycles. The first-order chi connectivity index (χ1) is 16.6. The quantitative estimate of drug-likeness (QED) is 0.459. The standard InChI is InChI=1S/C26H29N7O/c1-32-11-13-33(14-12-32)17-20-5-3-18(15-25(20)34-2)4-8-23-21-7-6-19(16-24(21)31-30-23)22-9-10-28-26(27)29-22/h3-10,15-16H,11-14,17H2,1-2H3,(H,30,31)(H2,27,28,29)/b8-4+. The third-order valence-corrected chi connectivity index (χ3v) is 6.30. The maximum absolute atomic E-state index is 5.72. The molecule has 0 radical (unpaired) electrons. The molecule has 3 N–H and O–H groups in total. The smallest absolute Gasteiger partial charge is 0.220 e. The topological polar surface area (TPSA) is 96.2 Å². The molecular weight excluding hydrogens is 426 g/mol. The summed E-state index contributed by atoms with van der Waals surface area (Å²) in [5.74, 6) is 1.18. The Hall–Kier alpha value is -3.75. The Morgan fingerprint density at radius 3 is 2.71 bits per heavy atom. The monoisotopic (exact) mass is 455 g/mol. The number of nitrogen functional groups attached to an aromatic ring is 1. The molecule has 2 aromatic carbocycles. The summed E-state index contributed by atoms with van der Waals surface area (Å²) in [6, 6.07) is 14.3. The van der Waals surface area contributed by atoms with Crippen LogP contribution in [0, 0.1) is 0 Å². The molecule has 34 heavy (non-hydrogen) atoms. The number of piperazine rings is 1. The molecule has 2 aromatic heterocycles. The van der Waals surface area contributed by atoms with E-state index in [9.17, 15) is 0 Å². The number of methoxy groups -OCH3 is 1. The van der Waals surface area contributed by atoms with Gasteiger partial charge in [-0.05, 0) is 43.0 Å². The molecule has 0 saturated carbocycles. The molecule has 0 spiro atoms. The highest BCUT2D eigenvalue weighted by molar-refractivity contribution is 5.91. The van der Waals surface area contributed by atoms with Gasteiger partial charge in [-0.2, -0.15) is 5.10 Å². The van der Waals surface area contributed by atoms with Crippen molar-refractivity contribution in [1.82, 2.24) is 30.0 Å². The van der Waals surface area contributed by atoms with Crippen molar-refractivity contribution in [2.45, 2.75) is 6.54 Å². The van der Waals surface area contributed by atoms with Crippen LogP contribution < -0.4 is 10.5 Å². The van der Waals surface area contributed by atoms with E-state index in [2.05, 4.69) is 61.3 Å². The molecule has 1 fully saturated rings. The summed E-state index contributed by atoms with van der Waals surface area (Å²) < 4.78 is 5.71. The average molecular weight is 456 g/mol. The van der Waals surface area contributed by atoms with Crippen molar-refractivity contribution in [3.05, 3.63) is 65.5 Å². The van der Waals surface area contributed by atoms with Gasteiger partial charge in [-0.1, -0.05) is 24.3 Å². The van der Waals surface area contributed by atoms with Gasteiger partial charge in [0, 0.05) is 55.4 Å². The van der Waals surface area contributed by atoms with Gasteiger partial charge in [-0.3, -0.25) is 10.00 Å². The first kappa shape index (κ1) is 22.1. The van der Waals surface area contributed by atoms with Gasteiger partial charge in [0.1, 0.15) is 5.75 Å². The van der Waals surface area contributed by atoms with Crippen molar-refractivity contribution in [1.29, 1.82) is 0 Å². The molecule has 0 unspecified atom stereocenters. The molecule has 3 heterocycles. The summed E-state index contributed by atoms with van der Waals surface area (Å²) in [6.07, 6.45) is 5.75. The lowest BCUT2D eigenvalue weighted by Gasteiger charge is -2.32. The first-order valence-electron chi connectivity index (χ1n) is 11.4. The fourth-order valence-corrected chi connectivity index (χ4v) is 4.28. The first-order valence-corrected chi connectivity index (χ1v) is 11.4. The highest BCUT2D eigenvalue weighted by Crippen LogP contribution is 2.26. The number of nitrogens with one attached hydrogen (secondary N) is 1. The second-order valence-corrected chi connectivity index (χ2v) is 8.65. The predicted molar refractivity (Wildman–Crippen MR) is 136 cm³/mol. The summed E-state index contributed by atoms with van der Waals surface area (Å²) in [7, 11) is 3.91. The number of hydrogen-bond acceptors (Lipinski definition) is 7. The van der Waals surface area contributed by atoms with Crippen molar-refractivity contribution >= 4 is 29.0 Å². The minimum atomic E-state index is 0.260. The molecule has 1 aliphatic rings. The number of fused-ring (bicyclic) bond motifs is 1. The van der Waals surface area contributed by atoms with E-state index in [1.807, 2.05) is 30.3 Å². The second kappa shape index (κ2) is 9.62. The Morgan fingerprint density at radius 2 is 1.91 bits per heavy atom. The lowest BCUT2D eigenvalue weighted by molar-refractivity contribution is 0.147. The number of benzene rings is 2. The van der Waals surface area contributed by atoms with Gasteiger partial charge < -0.3 is 15.4 Å². The summed E-state index contributed by atoms with van der Waals surface area (Å²) in [4.78, 5) is 13.1. The van der Waals surface area contributed by atoms with Crippen LogP contribution in [0.3, 0.4) is 0 Å². The Labute approximate surface area is 199 Å². The van der Waals surface area contributed by atoms with Crippen molar-refractivity contribution in [2.24, 2.45) is 0 Å². The lowest BCUT2D eigenvalue weighted by atomic mass is 10.1. The van der Waals surface area contributed by atoms with Gasteiger partial charge in [0.15, 0.2) is 0 Å². The van der Waals surface area contributed by atoms with Crippen LogP contribution in [-0.2, 0) is 6.54 Å². The molecule has 1 saturated heterocycles. The largest absolute Gasteiger partial charge is 0.496 e. The van der Waals surface area contributed by atoms with E-state index >= 15 is 0 Å². The van der Waals surface area contributed by atoms with Gasteiger partial charge in [0.2, 0.25) is 5.95 Å². The second-order valence-electron chi connectivity index (χ2n) is 8.65. The Morgan fingerprint density at radius 1 is 1.06 bits per heavy atom. The lowest BCUT2D eigenvalue weighted by Crippen LogP contribution is -2.43. The fraction of sp³-hybridized carbons (Fsp3) is 0.269. The Bertz CT molecular complexity index is 1320. The number of nitrogens with zero attached hydrogens (tertiary/aromatic N) is 5. The van der Waals surface area contributed by atoms with E-state index in [0.717, 1.165) is 71.9 Å². The van der Waals surface area contributed by atoms with E-state index in [1.165, 1.54) is 5.56 Å². The third-order valence-electron chi connectivity index (χ3n) is 6.30. The summed E-state index contributed by atoms with van der Waals surface area (Å²) in [5, 5.41) is 8.66. The molecule has 0 bridgehead atoms. The normalized spacial score (nSPS) is 15.4. The van der Waals surface area contributed by atoms with Crippen molar-refractivity contribution in [3.8, 4) is 17.0 Å². The predicted octanol–water partition coefficient (Wildman–Crippen LogP) is 3.53. The van der Waals surface area contributed by atoms with Crippen LogP contribution in [0.4, 0.5) is 5.95 Å². The maximum atomic E-state index is 5.72. The van der Waals surface area contributed by atoms with Gasteiger partial charge in [-0.15, -0.1) is 0 Å². The zero-order chi connectivity index (χ0) is 23.5. The van der Waals surface area contributed by atoms with Gasteiger partial charge >= 0.3 is 0 Å². The van der Waals surface area contributed by atoms with Crippen LogP contribution in [0.1, 0.15) is 16.8 Å². The van der Waals surface area contributed by atoms with E-state index in [4.69, 9.17) is 10.5 Å². The SMILES string of the molecule is COc1cc(/C=C/c2n[nH]c3cc(-c4ccnc(N)n4)ccc23)ccc1CN1CCN(C)CC1. The molecule has 0 atom stereocenters. The zero-order valence-electron chi connectivity index (χ0n) is 19.5. The van der Waals surface area contributed by atoms with Crippen LogP contribution in [0.15, 0.2) is 48.7 Å². The minimum Gasteiger partial charge on any atom is -0.496 e. The van der Waals surface area contributed by atoms with Gasteiger partial charge in [-0.25, -0.2) is 9.97 Å². The molecule has 8 heteroatoms. The highest BCUT2D eigenvalue weighted by Gasteiger charge is 2.16. The van der Waals surface area contributed by atoms with Crippen molar-refractivity contribution in [2.75, 3.05) is 46.1 Å². The molecule has 1 aliphatic heterocycles. The van der Waals surface area contributed by atoms with Crippen LogP contribution >= 0.6 is 0 Å². The molecular formula is C26H29N7O. The number of anilines is 1. The molecule has 4 aromatic rings. The van der Waals surface area contributed by atoms with Crippen LogP contribution in [0.5, 0.6) is 5.75 Å². The number of likely N-dealkylation sites (N-methyl/N-ethyl adjacent to an activating group) is 1. The van der Waals surface area contributed by atoms with E-state index in [0.29, 0.717) is 0 Å². The summed E-state index contributed by atoms with van der Waals surface area (Å²) in [5.41, 5.74) is 11.6. The number of rotatable bonds is 6. The number of hydrogen-bond donors (Lipinski definition) is 2. The van der Waals surface area contributed by atoms with Crippen LogP contribution in [0.2, 0.25) is 0 Å². The van der Waals surface area contributed by atoms with Gasteiger partial charge in [0.05, 0.1) is 24.0 Å². The number of aromatic amines is 1. The van der Waals surface area contributed by atoms with E-state index in [-0.39, 0.29) is 5.95 Å². The number of ether oxygens (including phenoxy) is 1. The Balaban J connectivity index is 1.33. The van der Waals surface area contributed by atoms with E-state index in [1.54, 1.807) is 13.3 Å². The average Bonchev–Trinajstić information content (AvgIpc) is 3.27. The Kier molecular flexibility index (Phi) is 6.24. The van der Waals surface area contributed by atoms with Crippen LogP contribution in [0.25, 0.3) is 34.3 Å². The maximum Gasteiger partial charge on any atom is 0.220 e. The molecule has 5 rings (SSSR count). The third kappa shape index (κ3) is 4.78. The zero-order valence-corrected chi connectivity index (χ0v) is 19.5. The van der Waals surface area contributed by atoms with Crippen molar-refractivity contribution in [3.63, 3.8) is 0 Å². The van der Waals surface area contributed by atoms with Gasteiger partial charge in [0.25, 0.3) is 0 Å². The molecule has 174 valence electrons. The number of nitrogens with two attached hydrogens (primary N) is 1. The van der Waals surface area contributed by atoms with E-state index < -0.39 is 0 Å². The summed E-state index contributed by atoms with van der Waals surface area (Å²) in [6.45, 7) is 5.29. The fourth-order valence-electron chi connectivity index (χ4n) is 4.28. The molecule has 0 amide bonds. The van der Waals surface area contributed by atoms with Crippen molar-refractivity contribution < 1.29 is 4.74 Å². The van der Waals surface area contributed by atoms with Crippen LogP contribution in [-0.4, -0.2) is 70.3 Å². The molecule has 8 nitrogen and oxygen atoms in total. The minimum absolute atomic E-state index is 0.260. The highest BCUT2D eigenvalue weighted by atomic mass is 16.5. The number of aromatic nitrogens is 4.